The van der Waals surface area contributed by atoms with E-state index in [9.17, 15) is 4.79 Å². The first-order chi connectivity index (χ1) is 8.15. The standard InChI is InChI=1S/C11H21N5O/c1-3-8(2)10(12)11(17)13-6-4-5-9-14-7-15-16-9/h7-8,10H,3-6,12H2,1-2H3,(H,13,17)(H,14,15,16)/t8?,10-/m0/s1. The number of aromatic amines is 1. The fourth-order valence-corrected chi connectivity index (χ4v) is 1.45. The van der Waals surface area contributed by atoms with Crippen LogP contribution in [0.1, 0.15) is 32.5 Å². The SMILES string of the molecule is CCC(C)[C@H](N)C(=O)NCCCc1ncn[nH]1. The maximum atomic E-state index is 11.6. The highest BCUT2D eigenvalue weighted by Gasteiger charge is 2.18. The first kappa shape index (κ1) is 13.6. The molecule has 0 aliphatic rings. The highest BCUT2D eigenvalue weighted by Crippen LogP contribution is 2.04. The molecule has 6 nitrogen and oxygen atoms in total. The Kier molecular flexibility index (Phi) is 5.62. The molecule has 2 atom stereocenters. The van der Waals surface area contributed by atoms with Crippen LogP contribution < -0.4 is 11.1 Å². The first-order valence-electron chi connectivity index (χ1n) is 6.02. The van der Waals surface area contributed by atoms with E-state index in [0.717, 1.165) is 25.1 Å². The van der Waals surface area contributed by atoms with E-state index in [1.54, 1.807) is 0 Å². The van der Waals surface area contributed by atoms with Crippen LogP contribution in [-0.4, -0.2) is 33.7 Å². The Hall–Kier alpha value is -1.43. The molecule has 1 aromatic rings. The van der Waals surface area contributed by atoms with Gasteiger partial charge in [-0.1, -0.05) is 20.3 Å². The van der Waals surface area contributed by atoms with Gasteiger partial charge in [-0.25, -0.2) is 4.98 Å². The Morgan fingerprint density at radius 2 is 2.41 bits per heavy atom. The molecule has 0 bridgehead atoms. The topological polar surface area (TPSA) is 96.7 Å². The molecule has 0 aliphatic carbocycles. The first-order valence-corrected chi connectivity index (χ1v) is 6.02. The zero-order valence-corrected chi connectivity index (χ0v) is 10.4. The minimum absolute atomic E-state index is 0.0723. The number of aryl methyl sites for hydroxylation is 1. The smallest absolute Gasteiger partial charge is 0.237 e. The summed E-state index contributed by atoms with van der Waals surface area (Å²) in [5.41, 5.74) is 5.81. The Morgan fingerprint density at radius 1 is 1.65 bits per heavy atom. The van der Waals surface area contributed by atoms with Gasteiger partial charge >= 0.3 is 0 Å². The summed E-state index contributed by atoms with van der Waals surface area (Å²) in [6.45, 7) is 4.63. The Bertz CT molecular complexity index is 325. The van der Waals surface area contributed by atoms with Crippen molar-refractivity contribution in [3.8, 4) is 0 Å². The van der Waals surface area contributed by atoms with Gasteiger partial charge in [-0.3, -0.25) is 9.89 Å². The molecule has 1 heterocycles. The molecule has 0 aliphatic heterocycles. The van der Waals surface area contributed by atoms with Crippen LogP contribution in [0.4, 0.5) is 0 Å². The number of rotatable bonds is 7. The van der Waals surface area contributed by atoms with Crippen LogP contribution in [0.3, 0.4) is 0 Å². The van der Waals surface area contributed by atoms with Crippen LogP contribution >= 0.6 is 0 Å². The van der Waals surface area contributed by atoms with Gasteiger partial charge in [0.15, 0.2) is 0 Å². The number of H-pyrrole nitrogens is 1. The molecule has 0 saturated carbocycles. The number of aromatic nitrogens is 3. The van der Waals surface area contributed by atoms with Crippen molar-refractivity contribution in [2.24, 2.45) is 11.7 Å². The third kappa shape index (κ3) is 4.52. The number of nitrogens with one attached hydrogen (secondary N) is 2. The summed E-state index contributed by atoms with van der Waals surface area (Å²) < 4.78 is 0. The Labute approximate surface area is 101 Å². The van der Waals surface area contributed by atoms with E-state index in [1.807, 2.05) is 13.8 Å². The van der Waals surface area contributed by atoms with Gasteiger partial charge in [0.1, 0.15) is 12.2 Å². The molecule has 1 rings (SSSR count). The molecule has 4 N–H and O–H groups in total. The van der Waals surface area contributed by atoms with Crippen LogP contribution in [0.5, 0.6) is 0 Å². The Morgan fingerprint density at radius 3 is 3.00 bits per heavy atom. The summed E-state index contributed by atoms with van der Waals surface area (Å²) >= 11 is 0. The van der Waals surface area contributed by atoms with Gasteiger partial charge in [0.2, 0.25) is 5.91 Å². The molecule has 96 valence electrons. The van der Waals surface area contributed by atoms with Crippen molar-refractivity contribution in [1.29, 1.82) is 0 Å². The third-order valence-corrected chi connectivity index (χ3v) is 2.91. The van der Waals surface area contributed by atoms with Gasteiger partial charge in [0.25, 0.3) is 0 Å². The summed E-state index contributed by atoms with van der Waals surface area (Å²) in [6.07, 6.45) is 3.99. The maximum absolute atomic E-state index is 11.6. The molecule has 0 radical (unpaired) electrons. The highest BCUT2D eigenvalue weighted by molar-refractivity contribution is 5.81. The average molecular weight is 239 g/mol. The number of hydrogen-bond acceptors (Lipinski definition) is 4. The lowest BCUT2D eigenvalue weighted by molar-refractivity contribution is -0.123. The summed E-state index contributed by atoms with van der Waals surface area (Å²) in [5, 5.41) is 9.37. The van der Waals surface area contributed by atoms with E-state index in [1.165, 1.54) is 6.33 Å². The van der Waals surface area contributed by atoms with E-state index < -0.39 is 6.04 Å². The van der Waals surface area contributed by atoms with Gasteiger partial charge < -0.3 is 11.1 Å². The van der Waals surface area contributed by atoms with E-state index in [0.29, 0.717) is 6.54 Å². The van der Waals surface area contributed by atoms with Crippen molar-refractivity contribution in [2.45, 2.75) is 39.2 Å². The molecule has 6 heteroatoms. The van der Waals surface area contributed by atoms with Crippen LogP contribution in [0.15, 0.2) is 6.33 Å². The summed E-state index contributed by atoms with van der Waals surface area (Å²) in [7, 11) is 0. The average Bonchev–Trinajstić information content (AvgIpc) is 2.85. The summed E-state index contributed by atoms with van der Waals surface area (Å²) in [6, 6.07) is -0.412. The van der Waals surface area contributed by atoms with Gasteiger partial charge in [0, 0.05) is 13.0 Å². The van der Waals surface area contributed by atoms with Crippen LogP contribution in [0.25, 0.3) is 0 Å². The number of hydrogen-bond donors (Lipinski definition) is 3. The molecule has 1 unspecified atom stereocenters. The Balaban J connectivity index is 2.16. The summed E-state index contributed by atoms with van der Waals surface area (Å²) in [4.78, 5) is 15.6. The quantitative estimate of drug-likeness (QED) is 0.593. The predicted molar refractivity (Wildman–Crippen MR) is 65.1 cm³/mol. The van der Waals surface area contributed by atoms with Crippen molar-refractivity contribution in [3.63, 3.8) is 0 Å². The maximum Gasteiger partial charge on any atom is 0.237 e. The van der Waals surface area contributed by atoms with E-state index in [4.69, 9.17) is 5.73 Å². The normalized spacial score (nSPS) is 14.3. The van der Waals surface area contributed by atoms with Crippen LogP contribution in [0, 0.1) is 5.92 Å². The van der Waals surface area contributed by atoms with Gasteiger partial charge in [-0.2, -0.15) is 5.10 Å². The molecular weight excluding hydrogens is 218 g/mol. The number of carbonyl (C=O) groups excluding carboxylic acids is 1. The number of nitrogens with two attached hydrogens (primary N) is 1. The minimum atomic E-state index is -0.412. The highest BCUT2D eigenvalue weighted by atomic mass is 16.2. The monoisotopic (exact) mass is 239 g/mol. The van der Waals surface area contributed by atoms with E-state index in [-0.39, 0.29) is 11.8 Å². The van der Waals surface area contributed by atoms with Crippen molar-refractivity contribution >= 4 is 5.91 Å². The fourth-order valence-electron chi connectivity index (χ4n) is 1.45. The lowest BCUT2D eigenvalue weighted by Gasteiger charge is -2.17. The molecule has 0 spiro atoms. The van der Waals surface area contributed by atoms with Crippen molar-refractivity contribution < 1.29 is 4.79 Å². The van der Waals surface area contributed by atoms with E-state index >= 15 is 0 Å². The van der Waals surface area contributed by atoms with Crippen molar-refractivity contribution in [1.82, 2.24) is 20.5 Å². The van der Waals surface area contributed by atoms with Gasteiger partial charge in [-0.15, -0.1) is 0 Å². The number of carbonyl (C=O) groups is 1. The number of nitrogens with zero attached hydrogens (tertiary/aromatic N) is 2. The van der Waals surface area contributed by atoms with Crippen LogP contribution in [0.2, 0.25) is 0 Å². The minimum Gasteiger partial charge on any atom is -0.355 e. The summed E-state index contributed by atoms with van der Waals surface area (Å²) in [5.74, 6) is 0.978. The molecule has 0 aromatic carbocycles. The second kappa shape index (κ2) is 7.01. The van der Waals surface area contributed by atoms with Gasteiger partial charge in [0.05, 0.1) is 6.04 Å². The molecule has 1 amide bonds. The van der Waals surface area contributed by atoms with Crippen LogP contribution in [-0.2, 0) is 11.2 Å². The second-order valence-corrected chi connectivity index (χ2v) is 4.24. The third-order valence-electron chi connectivity index (χ3n) is 2.91. The largest absolute Gasteiger partial charge is 0.355 e. The number of amides is 1. The van der Waals surface area contributed by atoms with Crippen molar-refractivity contribution in [2.75, 3.05) is 6.54 Å². The van der Waals surface area contributed by atoms with Crippen molar-refractivity contribution in [3.05, 3.63) is 12.2 Å². The second-order valence-electron chi connectivity index (χ2n) is 4.24. The van der Waals surface area contributed by atoms with E-state index in [2.05, 4.69) is 20.5 Å². The molecule has 0 saturated heterocycles. The fraction of sp³-hybridized carbons (Fsp3) is 0.727. The molecular formula is C11H21N5O. The van der Waals surface area contributed by atoms with Gasteiger partial charge in [-0.05, 0) is 12.3 Å². The lowest BCUT2D eigenvalue weighted by atomic mass is 9.99. The zero-order valence-electron chi connectivity index (χ0n) is 10.4. The molecule has 0 fully saturated rings. The zero-order chi connectivity index (χ0) is 12.7. The predicted octanol–water partition coefficient (Wildman–Crippen LogP) is 0.227. The molecule has 1 aromatic heterocycles. The lowest BCUT2D eigenvalue weighted by Crippen LogP contribution is -2.44. The molecule has 17 heavy (non-hydrogen) atoms.